The number of aryl methyl sites for hydroxylation is 1. The Labute approximate surface area is 129 Å². The quantitative estimate of drug-likeness (QED) is 0.850. The minimum atomic E-state index is -0.100. The number of hydrogen-bond acceptors (Lipinski definition) is 3. The Hall–Kier alpha value is -2.56. The summed E-state index contributed by atoms with van der Waals surface area (Å²) in [4.78, 5) is 23.4. The lowest BCUT2D eigenvalue weighted by atomic mass is 10.2. The lowest BCUT2D eigenvalue weighted by molar-refractivity contribution is -0.121. The maximum absolute atomic E-state index is 11.9. The maximum Gasteiger partial charge on any atom is 0.250 e. The molecule has 1 heterocycles. The van der Waals surface area contributed by atoms with Crippen LogP contribution in [-0.2, 0) is 17.9 Å². The number of benzene rings is 1. The van der Waals surface area contributed by atoms with Crippen molar-refractivity contribution in [2.45, 2.75) is 26.4 Å². The Morgan fingerprint density at radius 1 is 1.18 bits per heavy atom. The number of rotatable bonds is 7. The van der Waals surface area contributed by atoms with Crippen LogP contribution in [0.1, 0.15) is 18.9 Å². The molecule has 0 bridgehead atoms. The number of nitrogens with one attached hydrogen (secondary N) is 1. The van der Waals surface area contributed by atoms with Gasteiger partial charge in [0.05, 0.1) is 6.61 Å². The topological polar surface area (TPSA) is 60.3 Å². The summed E-state index contributed by atoms with van der Waals surface area (Å²) in [6.45, 7) is 3.30. The molecule has 1 aromatic carbocycles. The van der Waals surface area contributed by atoms with Crippen molar-refractivity contribution in [2.75, 3.05) is 6.61 Å². The summed E-state index contributed by atoms with van der Waals surface area (Å²) in [7, 11) is 0. The van der Waals surface area contributed by atoms with E-state index in [1.165, 1.54) is 10.6 Å². The smallest absolute Gasteiger partial charge is 0.250 e. The van der Waals surface area contributed by atoms with Gasteiger partial charge in [-0.15, -0.1) is 0 Å². The third kappa shape index (κ3) is 4.48. The first-order valence-electron chi connectivity index (χ1n) is 7.33. The van der Waals surface area contributed by atoms with Crippen molar-refractivity contribution >= 4 is 5.91 Å². The first-order chi connectivity index (χ1) is 10.7. The summed E-state index contributed by atoms with van der Waals surface area (Å²) in [6, 6.07) is 12.6. The van der Waals surface area contributed by atoms with Crippen LogP contribution in [0.3, 0.4) is 0 Å². The molecule has 116 valence electrons. The highest BCUT2D eigenvalue weighted by molar-refractivity contribution is 5.75. The van der Waals surface area contributed by atoms with Gasteiger partial charge in [0.15, 0.2) is 0 Å². The van der Waals surface area contributed by atoms with E-state index >= 15 is 0 Å². The van der Waals surface area contributed by atoms with Gasteiger partial charge in [-0.05, 0) is 19.1 Å². The maximum atomic E-state index is 11.9. The highest BCUT2D eigenvalue weighted by Gasteiger charge is 2.06. The van der Waals surface area contributed by atoms with Crippen LogP contribution in [0.4, 0.5) is 0 Å². The van der Waals surface area contributed by atoms with Crippen molar-refractivity contribution in [1.29, 1.82) is 0 Å². The van der Waals surface area contributed by atoms with Gasteiger partial charge < -0.3 is 14.6 Å². The lowest BCUT2D eigenvalue weighted by Crippen LogP contribution is -2.26. The molecule has 0 saturated heterocycles. The van der Waals surface area contributed by atoms with Crippen LogP contribution >= 0.6 is 0 Å². The second kappa shape index (κ2) is 8.02. The number of carbonyl (C=O) groups is 1. The molecule has 0 aliphatic heterocycles. The van der Waals surface area contributed by atoms with Crippen LogP contribution < -0.4 is 15.6 Å². The van der Waals surface area contributed by atoms with Crippen LogP contribution in [-0.4, -0.2) is 17.1 Å². The number of carbonyl (C=O) groups excluding carboxylic acids is 1. The zero-order valence-corrected chi connectivity index (χ0v) is 12.6. The highest BCUT2D eigenvalue weighted by atomic mass is 16.5. The second-order valence-electron chi connectivity index (χ2n) is 4.80. The van der Waals surface area contributed by atoms with Crippen molar-refractivity contribution < 1.29 is 9.53 Å². The molecule has 2 aromatic rings. The molecule has 2 rings (SSSR count). The number of pyridine rings is 1. The van der Waals surface area contributed by atoms with Crippen molar-refractivity contribution in [3.63, 3.8) is 0 Å². The monoisotopic (exact) mass is 300 g/mol. The van der Waals surface area contributed by atoms with Gasteiger partial charge in [0.25, 0.3) is 5.56 Å². The molecule has 0 aliphatic rings. The van der Waals surface area contributed by atoms with E-state index in [2.05, 4.69) is 5.32 Å². The van der Waals surface area contributed by atoms with Crippen LogP contribution in [0.2, 0.25) is 0 Å². The Morgan fingerprint density at radius 3 is 2.73 bits per heavy atom. The Balaban J connectivity index is 1.86. The average Bonchev–Trinajstić information content (AvgIpc) is 2.53. The van der Waals surface area contributed by atoms with Crippen LogP contribution in [0, 0.1) is 0 Å². The normalized spacial score (nSPS) is 10.2. The Kier molecular flexibility index (Phi) is 5.77. The van der Waals surface area contributed by atoms with Crippen molar-refractivity contribution in [2.24, 2.45) is 0 Å². The predicted octanol–water partition coefficient (Wildman–Crippen LogP) is 1.95. The molecule has 1 N–H and O–H groups in total. The summed E-state index contributed by atoms with van der Waals surface area (Å²) >= 11 is 0. The largest absolute Gasteiger partial charge is 0.494 e. The summed E-state index contributed by atoms with van der Waals surface area (Å²) in [5, 5.41) is 2.85. The fourth-order valence-corrected chi connectivity index (χ4v) is 2.10. The molecule has 5 heteroatoms. The minimum absolute atomic E-state index is 0.0953. The molecular formula is C17H20N2O3. The van der Waals surface area contributed by atoms with E-state index in [4.69, 9.17) is 4.74 Å². The van der Waals surface area contributed by atoms with Gasteiger partial charge in [-0.25, -0.2) is 0 Å². The number of hydrogen-bond donors (Lipinski definition) is 1. The number of para-hydroxylation sites is 1. The van der Waals surface area contributed by atoms with E-state index in [1.54, 1.807) is 18.3 Å². The number of ether oxygens (including phenoxy) is 1. The van der Waals surface area contributed by atoms with Crippen LogP contribution in [0.5, 0.6) is 5.75 Å². The Bertz CT molecular complexity index is 679. The van der Waals surface area contributed by atoms with E-state index in [0.717, 1.165) is 11.3 Å². The van der Waals surface area contributed by atoms with Gasteiger partial charge in [0.1, 0.15) is 5.75 Å². The fraction of sp³-hybridized carbons (Fsp3) is 0.294. The van der Waals surface area contributed by atoms with Crippen molar-refractivity contribution in [3.05, 3.63) is 64.6 Å². The molecule has 5 nitrogen and oxygen atoms in total. The van der Waals surface area contributed by atoms with E-state index in [-0.39, 0.29) is 17.9 Å². The molecule has 0 spiro atoms. The third-order valence-corrected chi connectivity index (χ3v) is 3.23. The number of aromatic nitrogens is 1. The molecule has 0 unspecified atom stereocenters. The summed E-state index contributed by atoms with van der Waals surface area (Å²) in [5.41, 5.74) is 0.839. The van der Waals surface area contributed by atoms with E-state index < -0.39 is 0 Å². The van der Waals surface area contributed by atoms with E-state index in [9.17, 15) is 9.59 Å². The van der Waals surface area contributed by atoms with Crippen LogP contribution in [0.15, 0.2) is 53.5 Å². The molecule has 0 saturated carbocycles. The van der Waals surface area contributed by atoms with Gasteiger partial charge >= 0.3 is 0 Å². The lowest BCUT2D eigenvalue weighted by Gasteiger charge is -2.11. The molecular weight excluding hydrogens is 280 g/mol. The summed E-state index contributed by atoms with van der Waals surface area (Å²) < 4.78 is 7.04. The van der Waals surface area contributed by atoms with Gasteiger partial charge in [0, 0.05) is 37.3 Å². The summed E-state index contributed by atoms with van der Waals surface area (Å²) in [6.07, 6.45) is 1.95. The molecule has 0 aliphatic carbocycles. The third-order valence-electron chi connectivity index (χ3n) is 3.23. The SMILES string of the molecule is CCOc1ccccc1CNC(=O)CCn1ccccc1=O. The molecule has 22 heavy (non-hydrogen) atoms. The highest BCUT2D eigenvalue weighted by Crippen LogP contribution is 2.17. The first kappa shape index (κ1) is 15.8. The number of nitrogens with zero attached hydrogens (tertiary/aromatic N) is 1. The van der Waals surface area contributed by atoms with Gasteiger partial charge in [-0.2, -0.15) is 0 Å². The molecule has 0 radical (unpaired) electrons. The van der Waals surface area contributed by atoms with E-state index in [1.807, 2.05) is 31.2 Å². The predicted molar refractivity (Wildman–Crippen MR) is 84.8 cm³/mol. The van der Waals surface area contributed by atoms with Gasteiger partial charge in [0.2, 0.25) is 5.91 Å². The van der Waals surface area contributed by atoms with Crippen LogP contribution in [0.25, 0.3) is 0 Å². The molecule has 0 atom stereocenters. The van der Waals surface area contributed by atoms with Crippen molar-refractivity contribution in [1.82, 2.24) is 9.88 Å². The first-order valence-corrected chi connectivity index (χ1v) is 7.33. The summed E-state index contributed by atoms with van der Waals surface area (Å²) in [5.74, 6) is 0.687. The average molecular weight is 300 g/mol. The fourth-order valence-electron chi connectivity index (χ4n) is 2.10. The zero-order valence-electron chi connectivity index (χ0n) is 12.6. The number of amides is 1. The molecule has 1 aromatic heterocycles. The van der Waals surface area contributed by atoms with Gasteiger partial charge in [-0.1, -0.05) is 24.3 Å². The minimum Gasteiger partial charge on any atom is -0.494 e. The molecule has 1 amide bonds. The standard InChI is InChI=1S/C17H20N2O3/c1-2-22-15-8-4-3-7-14(15)13-18-16(20)10-12-19-11-6-5-9-17(19)21/h3-9,11H,2,10,12-13H2,1H3,(H,18,20). The Morgan fingerprint density at radius 2 is 1.95 bits per heavy atom. The second-order valence-corrected chi connectivity index (χ2v) is 4.80. The molecule has 0 fully saturated rings. The van der Waals surface area contributed by atoms with Gasteiger partial charge in [-0.3, -0.25) is 9.59 Å². The zero-order chi connectivity index (χ0) is 15.8. The van der Waals surface area contributed by atoms with E-state index in [0.29, 0.717) is 19.7 Å². The van der Waals surface area contributed by atoms with Crippen molar-refractivity contribution in [3.8, 4) is 5.75 Å².